The topological polar surface area (TPSA) is 87.7 Å². The molecule has 2 rings (SSSR count). The van der Waals surface area contributed by atoms with Gasteiger partial charge in [-0.25, -0.2) is 4.79 Å². The zero-order valence-corrected chi connectivity index (χ0v) is 25.4. The van der Waals surface area contributed by atoms with Crippen LogP contribution in [0.15, 0.2) is 61.2 Å². The third-order valence-electron chi connectivity index (χ3n) is 6.31. The Labute approximate surface area is 240 Å². The summed E-state index contributed by atoms with van der Waals surface area (Å²) >= 11 is 0. The number of carbonyl (C=O) groups is 3. The van der Waals surface area contributed by atoms with Crippen LogP contribution in [0.1, 0.15) is 91.0 Å². The SMILES string of the molecule is C=Cc1cccc(C(C(=O)NC(C)CCC)N(C(=O)C(Cc2ccccc2)NC(=O)OC(C)(C)C)C(C)(C)C)c1. The highest BCUT2D eigenvalue weighted by Crippen LogP contribution is 2.31. The van der Waals surface area contributed by atoms with E-state index < -0.39 is 29.3 Å². The van der Waals surface area contributed by atoms with E-state index in [-0.39, 0.29) is 24.3 Å². The summed E-state index contributed by atoms with van der Waals surface area (Å²) in [5.41, 5.74) is 0.861. The first-order valence-corrected chi connectivity index (χ1v) is 14.1. The van der Waals surface area contributed by atoms with E-state index in [2.05, 4.69) is 24.1 Å². The number of nitrogens with zero attached hydrogens (tertiary/aromatic N) is 1. The molecular weight excluding hydrogens is 502 g/mol. The van der Waals surface area contributed by atoms with Crippen molar-refractivity contribution in [1.29, 1.82) is 0 Å². The van der Waals surface area contributed by atoms with Crippen LogP contribution >= 0.6 is 0 Å². The largest absolute Gasteiger partial charge is 0.444 e. The van der Waals surface area contributed by atoms with E-state index in [0.717, 1.165) is 24.0 Å². The standard InChI is InChI=1S/C33H47N3O4/c1-10-16-23(3)34-29(37)28(26-20-15-19-24(11-2)21-26)36(32(4,5)6)30(38)27(22-25-17-13-12-14-18-25)35-31(39)40-33(7,8)9/h11-15,17-21,23,27-28H,2,10,16,22H2,1,3-9H3,(H,34,37)(H,35,39). The second-order valence-electron chi connectivity index (χ2n) is 12.2. The molecule has 0 aromatic heterocycles. The quantitative estimate of drug-likeness (QED) is 0.338. The molecule has 0 spiro atoms. The number of carbonyl (C=O) groups excluding carboxylic acids is 3. The number of amides is 3. The van der Waals surface area contributed by atoms with Crippen LogP contribution in [0.25, 0.3) is 6.08 Å². The molecule has 0 bridgehead atoms. The van der Waals surface area contributed by atoms with E-state index in [4.69, 9.17) is 4.74 Å². The highest BCUT2D eigenvalue weighted by atomic mass is 16.6. The maximum Gasteiger partial charge on any atom is 0.408 e. The summed E-state index contributed by atoms with van der Waals surface area (Å²) in [4.78, 5) is 43.0. The molecule has 0 aliphatic rings. The molecule has 3 amide bonds. The van der Waals surface area contributed by atoms with Gasteiger partial charge >= 0.3 is 6.09 Å². The zero-order valence-electron chi connectivity index (χ0n) is 25.4. The van der Waals surface area contributed by atoms with Gasteiger partial charge < -0.3 is 20.3 Å². The molecule has 2 N–H and O–H groups in total. The summed E-state index contributed by atoms with van der Waals surface area (Å²) in [6.45, 7) is 18.9. The molecule has 0 aliphatic carbocycles. The molecule has 7 heteroatoms. The van der Waals surface area contributed by atoms with Crippen LogP contribution in [0.4, 0.5) is 4.79 Å². The summed E-state index contributed by atoms with van der Waals surface area (Å²) in [5.74, 6) is -0.657. The second-order valence-corrected chi connectivity index (χ2v) is 12.2. The lowest BCUT2D eigenvalue weighted by Gasteiger charge is -2.43. The van der Waals surface area contributed by atoms with Crippen molar-refractivity contribution in [1.82, 2.24) is 15.5 Å². The lowest BCUT2D eigenvalue weighted by atomic mass is 9.93. The van der Waals surface area contributed by atoms with E-state index in [0.29, 0.717) is 5.56 Å². The summed E-state index contributed by atoms with van der Waals surface area (Å²) < 4.78 is 5.51. The van der Waals surface area contributed by atoms with Gasteiger partial charge in [0.2, 0.25) is 11.8 Å². The summed E-state index contributed by atoms with van der Waals surface area (Å²) in [5, 5.41) is 5.92. The average molecular weight is 550 g/mol. The van der Waals surface area contributed by atoms with Crippen molar-refractivity contribution in [2.75, 3.05) is 0 Å². The molecule has 2 aromatic carbocycles. The maximum atomic E-state index is 14.5. The highest BCUT2D eigenvalue weighted by Gasteiger charge is 2.42. The lowest BCUT2D eigenvalue weighted by molar-refractivity contribution is -0.148. The monoisotopic (exact) mass is 549 g/mol. The van der Waals surface area contributed by atoms with Crippen molar-refractivity contribution in [2.24, 2.45) is 0 Å². The molecule has 0 fully saturated rings. The molecule has 7 nitrogen and oxygen atoms in total. The van der Waals surface area contributed by atoms with Gasteiger partial charge in [-0.3, -0.25) is 9.59 Å². The molecule has 40 heavy (non-hydrogen) atoms. The van der Waals surface area contributed by atoms with E-state index in [1.807, 2.05) is 82.3 Å². The minimum absolute atomic E-state index is 0.0699. The smallest absolute Gasteiger partial charge is 0.408 e. The Kier molecular flexibility index (Phi) is 11.5. The molecule has 2 aromatic rings. The van der Waals surface area contributed by atoms with Gasteiger partial charge in [-0.1, -0.05) is 74.5 Å². The van der Waals surface area contributed by atoms with Crippen LogP contribution in [0.3, 0.4) is 0 Å². The van der Waals surface area contributed by atoms with Crippen molar-refractivity contribution in [3.8, 4) is 0 Å². The van der Waals surface area contributed by atoms with Gasteiger partial charge in [0, 0.05) is 18.0 Å². The number of hydrogen-bond acceptors (Lipinski definition) is 4. The first kappa shape index (κ1) is 32.6. The van der Waals surface area contributed by atoms with Crippen LogP contribution < -0.4 is 10.6 Å². The number of nitrogens with one attached hydrogen (secondary N) is 2. The maximum absolute atomic E-state index is 14.5. The molecular formula is C33H47N3O4. The number of hydrogen-bond donors (Lipinski definition) is 2. The average Bonchev–Trinajstić information content (AvgIpc) is 2.85. The van der Waals surface area contributed by atoms with E-state index in [9.17, 15) is 14.4 Å². The highest BCUT2D eigenvalue weighted by molar-refractivity contribution is 5.93. The van der Waals surface area contributed by atoms with E-state index >= 15 is 0 Å². The van der Waals surface area contributed by atoms with E-state index in [1.165, 1.54) is 0 Å². The number of alkyl carbamates (subject to hydrolysis) is 1. The van der Waals surface area contributed by atoms with Gasteiger partial charge in [0.25, 0.3) is 0 Å². The minimum Gasteiger partial charge on any atom is -0.444 e. The predicted molar refractivity (Wildman–Crippen MR) is 162 cm³/mol. The first-order valence-electron chi connectivity index (χ1n) is 14.1. The van der Waals surface area contributed by atoms with Crippen molar-refractivity contribution in [2.45, 2.75) is 104 Å². The zero-order chi connectivity index (χ0) is 30.1. The molecule has 0 radical (unpaired) electrons. The fourth-order valence-electron chi connectivity index (χ4n) is 4.61. The molecule has 0 heterocycles. The molecule has 218 valence electrons. The Hall–Kier alpha value is -3.61. The summed E-state index contributed by atoms with van der Waals surface area (Å²) in [6.07, 6.45) is 2.98. The molecule has 3 unspecified atom stereocenters. The summed E-state index contributed by atoms with van der Waals surface area (Å²) in [6, 6.07) is 15.0. The van der Waals surface area contributed by atoms with Gasteiger partial charge in [-0.2, -0.15) is 0 Å². The van der Waals surface area contributed by atoms with Crippen molar-refractivity contribution < 1.29 is 19.1 Å². The Balaban J connectivity index is 2.63. The van der Waals surface area contributed by atoms with Crippen LogP contribution in [-0.4, -0.2) is 46.0 Å². The fourth-order valence-corrected chi connectivity index (χ4v) is 4.61. The van der Waals surface area contributed by atoms with Crippen LogP contribution in [0.5, 0.6) is 0 Å². The summed E-state index contributed by atoms with van der Waals surface area (Å²) in [7, 11) is 0. The Morgan fingerprint density at radius 3 is 2.17 bits per heavy atom. The second kappa shape index (κ2) is 14.1. The van der Waals surface area contributed by atoms with Crippen molar-refractivity contribution in [3.05, 3.63) is 77.9 Å². The van der Waals surface area contributed by atoms with Crippen LogP contribution in [0, 0.1) is 0 Å². The third kappa shape index (κ3) is 9.85. The first-order chi connectivity index (χ1) is 18.7. The van der Waals surface area contributed by atoms with Crippen LogP contribution in [-0.2, 0) is 20.7 Å². The normalized spacial score (nSPS) is 13.9. The van der Waals surface area contributed by atoms with Crippen molar-refractivity contribution >= 4 is 24.0 Å². The van der Waals surface area contributed by atoms with Gasteiger partial charge in [-0.15, -0.1) is 0 Å². The molecule has 0 saturated carbocycles. The van der Waals surface area contributed by atoms with E-state index in [1.54, 1.807) is 31.7 Å². The van der Waals surface area contributed by atoms with Gasteiger partial charge in [0.1, 0.15) is 17.7 Å². The van der Waals surface area contributed by atoms with Crippen molar-refractivity contribution in [3.63, 3.8) is 0 Å². The Morgan fingerprint density at radius 1 is 0.975 bits per heavy atom. The fraction of sp³-hybridized carbons (Fsp3) is 0.485. The van der Waals surface area contributed by atoms with Gasteiger partial charge in [0.05, 0.1) is 0 Å². The van der Waals surface area contributed by atoms with Gasteiger partial charge in [-0.05, 0) is 77.6 Å². The molecule has 3 atom stereocenters. The Bertz CT molecular complexity index is 1150. The number of benzene rings is 2. The van der Waals surface area contributed by atoms with Gasteiger partial charge in [0.15, 0.2) is 0 Å². The lowest BCUT2D eigenvalue weighted by Crippen LogP contribution is -2.59. The number of ether oxygens (including phenoxy) is 1. The molecule has 0 aliphatic heterocycles. The third-order valence-corrected chi connectivity index (χ3v) is 6.31. The Morgan fingerprint density at radius 2 is 1.62 bits per heavy atom. The minimum atomic E-state index is -0.970. The molecule has 0 saturated heterocycles. The number of rotatable bonds is 11. The van der Waals surface area contributed by atoms with Crippen LogP contribution in [0.2, 0.25) is 0 Å². The predicted octanol–water partition coefficient (Wildman–Crippen LogP) is 6.44.